The van der Waals surface area contributed by atoms with Gasteiger partial charge in [0, 0.05) is 38.0 Å². The minimum atomic E-state index is 0.0219. The molecule has 0 unspecified atom stereocenters. The van der Waals surface area contributed by atoms with Gasteiger partial charge in [-0.3, -0.25) is 9.78 Å². The van der Waals surface area contributed by atoms with Crippen molar-refractivity contribution in [3.8, 4) is 0 Å². The van der Waals surface area contributed by atoms with Crippen molar-refractivity contribution in [1.29, 1.82) is 0 Å². The maximum atomic E-state index is 12.6. The molecule has 0 spiro atoms. The van der Waals surface area contributed by atoms with Gasteiger partial charge in [-0.1, -0.05) is 6.92 Å². The summed E-state index contributed by atoms with van der Waals surface area (Å²) in [4.78, 5) is 26.0. The van der Waals surface area contributed by atoms with E-state index in [1.165, 1.54) is 5.56 Å². The summed E-state index contributed by atoms with van der Waals surface area (Å²) in [6, 6.07) is 9.57. The second-order valence-electron chi connectivity index (χ2n) is 5.60. The van der Waals surface area contributed by atoms with Crippen LogP contribution < -0.4 is 0 Å². The number of likely N-dealkylation sites (N-methyl/N-ethyl adjacent to an activating group) is 1. The Morgan fingerprint density at radius 1 is 1.22 bits per heavy atom. The summed E-state index contributed by atoms with van der Waals surface area (Å²) in [7, 11) is 1.83. The largest absolute Gasteiger partial charge is 0.342 e. The molecule has 0 bridgehead atoms. The van der Waals surface area contributed by atoms with Crippen LogP contribution in [-0.2, 0) is 12.8 Å². The lowest BCUT2D eigenvalue weighted by Crippen LogP contribution is -2.28. The first-order valence-electron chi connectivity index (χ1n) is 7.80. The highest BCUT2D eigenvalue weighted by atomic mass is 16.2. The van der Waals surface area contributed by atoms with Crippen LogP contribution in [0.2, 0.25) is 0 Å². The Labute approximate surface area is 135 Å². The van der Waals surface area contributed by atoms with Crippen molar-refractivity contribution in [2.45, 2.75) is 19.8 Å². The minimum absolute atomic E-state index is 0.0219. The van der Waals surface area contributed by atoms with E-state index in [9.17, 15) is 4.79 Å². The second-order valence-corrected chi connectivity index (χ2v) is 5.60. The van der Waals surface area contributed by atoms with Gasteiger partial charge < -0.3 is 9.88 Å². The van der Waals surface area contributed by atoms with Crippen molar-refractivity contribution in [3.05, 3.63) is 59.7 Å². The maximum absolute atomic E-state index is 12.6. The third-order valence-electron chi connectivity index (χ3n) is 3.94. The van der Waals surface area contributed by atoms with Gasteiger partial charge in [-0.05, 0) is 42.3 Å². The number of hydrogen-bond donors (Lipinski definition) is 1. The van der Waals surface area contributed by atoms with Gasteiger partial charge >= 0.3 is 0 Å². The summed E-state index contributed by atoms with van der Waals surface area (Å²) in [6.07, 6.45) is 5.21. The predicted octanol–water partition coefficient (Wildman–Crippen LogP) is 2.84. The number of imidazole rings is 1. The van der Waals surface area contributed by atoms with Crippen LogP contribution in [0.4, 0.5) is 0 Å². The van der Waals surface area contributed by atoms with Gasteiger partial charge in [-0.2, -0.15) is 0 Å². The van der Waals surface area contributed by atoms with Gasteiger partial charge in [0.2, 0.25) is 0 Å². The molecule has 0 aliphatic rings. The molecule has 0 atom stereocenters. The summed E-state index contributed by atoms with van der Waals surface area (Å²) < 4.78 is 0. The van der Waals surface area contributed by atoms with E-state index in [0.29, 0.717) is 12.1 Å². The molecule has 0 fully saturated rings. The van der Waals surface area contributed by atoms with Crippen LogP contribution in [0.25, 0.3) is 11.0 Å². The summed E-state index contributed by atoms with van der Waals surface area (Å²) >= 11 is 0. The van der Waals surface area contributed by atoms with Crippen LogP contribution in [0.1, 0.15) is 28.7 Å². The number of amides is 1. The maximum Gasteiger partial charge on any atom is 0.253 e. The third kappa shape index (κ3) is 3.39. The highest BCUT2D eigenvalue weighted by Gasteiger charge is 2.13. The number of hydrogen-bond acceptors (Lipinski definition) is 3. The first-order chi connectivity index (χ1) is 11.2. The molecule has 2 heterocycles. The molecule has 0 saturated heterocycles. The Morgan fingerprint density at radius 2 is 2.00 bits per heavy atom. The molecule has 118 valence electrons. The number of nitrogens with one attached hydrogen (secondary N) is 1. The van der Waals surface area contributed by atoms with Gasteiger partial charge in [0.15, 0.2) is 0 Å². The van der Waals surface area contributed by atoms with Crippen LogP contribution in [0, 0.1) is 0 Å². The number of fused-ring (bicyclic) bond motifs is 1. The first kappa shape index (κ1) is 15.2. The number of nitrogens with zero attached hydrogens (tertiary/aromatic N) is 3. The fraction of sp³-hybridized carbons (Fsp3) is 0.278. The lowest BCUT2D eigenvalue weighted by Gasteiger charge is -2.17. The molecule has 2 aromatic heterocycles. The zero-order chi connectivity index (χ0) is 16.2. The Balaban J connectivity index is 1.71. The highest BCUT2D eigenvalue weighted by molar-refractivity contribution is 5.97. The van der Waals surface area contributed by atoms with Crippen molar-refractivity contribution in [1.82, 2.24) is 19.9 Å². The zero-order valence-corrected chi connectivity index (χ0v) is 13.4. The molecule has 1 N–H and O–H groups in total. The van der Waals surface area contributed by atoms with Crippen molar-refractivity contribution in [2.75, 3.05) is 13.6 Å². The number of H-pyrrole nitrogens is 1. The number of pyridine rings is 1. The SMILES string of the molecule is CCc1nc2ccc(C(=O)N(C)CCc3ccncc3)cc2[nH]1. The van der Waals surface area contributed by atoms with Crippen molar-refractivity contribution in [3.63, 3.8) is 0 Å². The topological polar surface area (TPSA) is 61.9 Å². The average molecular weight is 308 g/mol. The molecule has 5 heteroatoms. The molecule has 0 aliphatic heterocycles. The molecule has 5 nitrogen and oxygen atoms in total. The summed E-state index contributed by atoms with van der Waals surface area (Å²) in [5, 5.41) is 0. The Hall–Kier alpha value is -2.69. The van der Waals surface area contributed by atoms with Gasteiger partial charge in [-0.15, -0.1) is 0 Å². The van der Waals surface area contributed by atoms with E-state index < -0.39 is 0 Å². The number of aryl methyl sites for hydroxylation is 1. The number of benzene rings is 1. The Bertz CT molecular complexity index is 810. The summed E-state index contributed by atoms with van der Waals surface area (Å²) in [6.45, 7) is 2.72. The highest BCUT2D eigenvalue weighted by Crippen LogP contribution is 2.15. The monoisotopic (exact) mass is 308 g/mol. The fourth-order valence-corrected chi connectivity index (χ4v) is 2.53. The van der Waals surface area contributed by atoms with Crippen LogP contribution in [0.5, 0.6) is 0 Å². The van der Waals surface area contributed by atoms with E-state index in [4.69, 9.17) is 0 Å². The van der Waals surface area contributed by atoms with Gasteiger partial charge in [-0.25, -0.2) is 4.98 Å². The smallest absolute Gasteiger partial charge is 0.253 e. The lowest BCUT2D eigenvalue weighted by molar-refractivity contribution is 0.0797. The Morgan fingerprint density at radius 3 is 2.74 bits per heavy atom. The second kappa shape index (κ2) is 6.60. The van der Waals surface area contributed by atoms with Crippen LogP contribution in [-0.4, -0.2) is 39.4 Å². The number of carbonyl (C=O) groups excluding carboxylic acids is 1. The lowest BCUT2D eigenvalue weighted by atomic mass is 10.1. The molecule has 23 heavy (non-hydrogen) atoms. The molecule has 0 aliphatic carbocycles. The molecular formula is C18H20N4O. The van der Waals surface area contributed by atoms with E-state index in [1.807, 2.05) is 37.4 Å². The molecule has 1 aromatic carbocycles. The first-order valence-corrected chi connectivity index (χ1v) is 7.80. The van der Waals surface area contributed by atoms with Gasteiger partial charge in [0.25, 0.3) is 5.91 Å². The van der Waals surface area contributed by atoms with Crippen LogP contribution in [0.15, 0.2) is 42.7 Å². The quantitative estimate of drug-likeness (QED) is 0.788. The fourth-order valence-electron chi connectivity index (χ4n) is 2.53. The summed E-state index contributed by atoms with van der Waals surface area (Å²) in [5.41, 5.74) is 3.67. The van der Waals surface area contributed by atoms with Gasteiger partial charge in [0.05, 0.1) is 11.0 Å². The number of rotatable bonds is 5. The average Bonchev–Trinajstić information content (AvgIpc) is 3.02. The van der Waals surface area contributed by atoms with E-state index in [2.05, 4.69) is 21.9 Å². The minimum Gasteiger partial charge on any atom is -0.342 e. The predicted molar refractivity (Wildman–Crippen MR) is 90.4 cm³/mol. The van der Waals surface area contributed by atoms with E-state index >= 15 is 0 Å². The van der Waals surface area contributed by atoms with Crippen molar-refractivity contribution in [2.24, 2.45) is 0 Å². The molecule has 0 radical (unpaired) electrons. The van der Waals surface area contributed by atoms with E-state index in [0.717, 1.165) is 29.7 Å². The normalized spacial score (nSPS) is 10.9. The van der Waals surface area contributed by atoms with E-state index in [-0.39, 0.29) is 5.91 Å². The van der Waals surface area contributed by atoms with E-state index in [1.54, 1.807) is 17.3 Å². The summed E-state index contributed by atoms with van der Waals surface area (Å²) in [5.74, 6) is 0.962. The number of aromatic amines is 1. The molecule has 0 saturated carbocycles. The van der Waals surface area contributed by atoms with Crippen LogP contribution >= 0.6 is 0 Å². The third-order valence-corrected chi connectivity index (χ3v) is 3.94. The molecular weight excluding hydrogens is 288 g/mol. The zero-order valence-electron chi connectivity index (χ0n) is 13.4. The number of aromatic nitrogens is 3. The van der Waals surface area contributed by atoms with Crippen LogP contribution in [0.3, 0.4) is 0 Å². The Kier molecular flexibility index (Phi) is 4.37. The van der Waals surface area contributed by atoms with Crippen molar-refractivity contribution >= 4 is 16.9 Å². The number of carbonyl (C=O) groups is 1. The molecule has 1 amide bonds. The van der Waals surface area contributed by atoms with Crippen molar-refractivity contribution < 1.29 is 4.79 Å². The van der Waals surface area contributed by atoms with Gasteiger partial charge in [0.1, 0.15) is 5.82 Å². The standard InChI is InChI=1S/C18H20N4O/c1-3-17-20-15-5-4-14(12-16(15)21-17)18(23)22(2)11-8-13-6-9-19-10-7-13/h4-7,9-10,12H,3,8,11H2,1-2H3,(H,20,21). The molecule has 3 aromatic rings. The molecule has 3 rings (SSSR count).